The van der Waals surface area contributed by atoms with Crippen molar-refractivity contribution in [1.29, 1.82) is 0 Å². The highest BCUT2D eigenvalue weighted by Gasteiger charge is 2.25. The fourth-order valence-corrected chi connectivity index (χ4v) is 2.59. The third-order valence-corrected chi connectivity index (χ3v) is 3.55. The van der Waals surface area contributed by atoms with Crippen molar-refractivity contribution in [3.05, 3.63) is 23.5 Å². The minimum absolute atomic E-state index is 0.122. The molecule has 0 amide bonds. The molecule has 1 aliphatic rings. The molecule has 1 aliphatic carbocycles. The number of carboxylic acids is 1. The summed E-state index contributed by atoms with van der Waals surface area (Å²) in [5.74, 6) is -0.150. The molecule has 0 unspecified atom stereocenters. The van der Waals surface area contributed by atoms with Crippen LogP contribution in [0.4, 0.5) is 0 Å². The van der Waals surface area contributed by atoms with E-state index in [1.54, 1.807) is 0 Å². The van der Waals surface area contributed by atoms with Gasteiger partial charge < -0.3 is 5.11 Å². The summed E-state index contributed by atoms with van der Waals surface area (Å²) in [6, 6.07) is 2.07. The molecule has 2 rings (SSSR count). The second kappa shape index (κ2) is 5.25. The van der Waals surface area contributed by atoms with Crippen molar-refractivity contribution in [1.82, 2.24) is 10.2 Å². The van der Waals surface area contributed by atoms with Crippen LogP contribution >= 0.6 is 0 Å². The van der Waals surface area contributed by atoms with Crippen molar-refractivity contribution >= 4 is 5.97 Å². The van der Waals surface area contributed by atoms with Gasteiger partial charge in [-0.05, 0) is 56.6 Å². The van der Waals surface area contributed by atoms with Gasteiger partial charge in [0.15, 0.2) is 0 Å². The molecule has 0 aliphatic heterocycles. The molecule has 1 aromatic heterocycles. The molecule has 17 heavy (non-hydrogen) atoms. The first-order chi connectivity index (χ1) is 8.15. The van der Waals surface area contributed by atoms with Crippen molar-refractivity contribution in [2.45, 2.75) is 39.0 Å². The second-order valence-electron chi connectivity index (χ2n) is 4.97. The van der Waals surface area contributed by atoms with E-state index in [2.05, 4.69) is 16.3 Å². The smallest absolute Gasteiger partial charge is 0.306 e. The maximum atomic E-state index is 10.8. The van der Waals surface area contributed by atoms with E-state index in [0.717, 1.165) is 37.8 Å². The average Bonchev–Trinajstić information content (AvgIpc) is 2.29. The Morgan fingerprint density at radius 3 is 2.71 bits per heavy atom. The number of nitrogens with zero attached hydrogens (tertiary/aromatic N) is 2. The largest absolute Gasteiger partial charge is 0.481 e. The first kappa shape index (κ1) is 12.0. The minimum Gasteiger partial charge on any atom is -0.481 e. The Kier molecular flexibility index (Phi) is 3.71. The molecule has 1 fully saturated rings. The van der Waals surface area contributed by atoms with Gasteiger partial charge in [-0.15, -0.1) is 0 Å². The zero-order chi connectivity index (χ0) is 12.3. The number of aliphatic carboxylic acids is 1. The summed E-state index contributed by atoms with van der Waals surface area (Å²) in [6.45, 7) is 1.94. The van der Waals surface area contributed by atoms with Crippen LogP contribution in [0.2, 0.25) is 0 Å². The molecule has 0 saturated heterocycles. The van der Waals surface area contributed by atoms with Gasteiger partial charge in [-0.2, -0.15) is 10.2 Å². The summed E-state index contributed by atoms with van der Waals surface area (Å²) in [7, 11) is 0. The van der Waals surface area contributed by atoms with Crippen LogP contribution in [0.3, 0.4) is 0 Å². The standard InChI is InChI=1S/C13H18N2O2/c1-9-6-11(8-14-15-9)7-10-2-4-12(5-3-10)13(16)17/h6,8,10,12H,2-5,7H2,1H3,(H,16,17)/t10-,12-. The van der Waals surface area contributed by atoms with Crippen LogP contribution < -0.4 is 0 Å². The Balaban J connectivity index is 1.88. The highest BCUT2D eigenvalue weighted by Crippen LogP contribution is 2.31. The van der Waals surface area contributed by atoms with Crippen LogP contribution in [0.25, 0.3) is 0 Å². The van der Waals surface area contributed by atoms with Gasteiger partial charge >= 0.3 is 5.97 Å². The van der Waals surface area contributed by atoms with Crippen molar-refractivity contribution < 1.29 is 9.90 Å². The predicted octanol–water partition coefficient (Wildman–Crippen LogP) is 2.22. The molecule has 1 heterocycles. The van der Waals surface area contributed by atoms with Crippen LogP contribution in [-0.2, 0) is 11.2 Å². The molecular weight excluding hydrogens is 216 g/mol. The van der Waals surface area contributed by atoms with Gasteiger partial charge in [-0.1, -0.05) is 0 Å². The van der Waals surface area contributed by atoms with E-state index in [9.17, 15) is 4.79 Å². The quantitative estimate of drug-likeness (QED) is 0.871. The lowest BCUT2D eigenvalue weighted by atomic mass is 9.79. The molecule has 0 radical (unpaired) electrons. The van der Waals surface area contributed by atoms with Crippen LogP contribution in [0.1, 0.15) is 36.9 Å². The van der Waals surface area contributed by atoms with E-state index >= 15 is 0 Å². The van der Waals surface area contributed by atoms with Gasteiger partial charge in [0.1, 0.15) is 0 Å². The Hall–Kier alpha value is -1.45. The number of rotatable bonds is 3. The Morgan fingerprint density at radius 2 is 2.12 bits per heavy atom. The maximum absolute atomic E-state index is 10.8. The topological polar surface area (TPSA) is 63.1 Å². The first-order valence-electron chi connectivity index (χ1n) is 6.16. The van der Waals surface area contributed by atoms with E-state index in [0.29, 0.717) is 5.92 Å². The van der Waals surface area contributed by atoms with Crippen molar-refractivity contribution in [3.63, 3.8) is 0 Å². The normalized spacial score (nSPS) is 24.5. The highest BCUT2D eigenvalue weighted by atomic mass is 16.4. The molecule has 0 bridgehead atoms. The number of hydrogen-bond acceptors (Lipinski definition) is 3. The summed E-state index contributed by atoms with van der Waals surface area (Å²) in [5, 5.41) is 16.8. The van der Waals surface area contributed by atoms with Gasteiger partial charge in [-0.25, -0.2) is 0 Å². The lowest BCUT2D eigenvalue weighted by Gasteiger charge is -2.25. The number of aromatic nitrogens is 2. The van der Waals surface area contributed by atoms with Gasteiger partial charge in [0.05, 0.1) is 17.8 Å². The maximum Gasteiger partial charge on any atom is 0.306 e. The zero-order valence-electron chi connectivity index (χ0n) is 10.1. The Labute approximate surface area is 101 Å². The summed E-state index contributed by atoms with van der Waals surface area (Å²) in [5.41, 5.74) is 2.16. The van der Waals surface area contributed by atoms with Gasteiger partial charge in [0.2, 0.25) is 0 Å². The molecule has 0 atom stereocenters. The number of carboxylic acid groups (broad SMARTS) is 1. The molecule has 92 valence electrons. The molecule has 1 N–H and O–H groups in total. The molecular formula is C13H18N2O2. The molecule has 1 saturated carbocycles. The molecule has 0 aromatic carbocycles. The van der Waals surface area contributed by atoms with Crippen molar-refractivity contribution in [2.24, 2.45) is 11.8 Å². The number of hydrogen-bond donors (Lipinski definition) is 1. The zero-order valence-corrected chi connectivity index (χ0v) is 10.1. The predicted molar refractivity (Wildman–Crippen MR) is 63.6 cm³/mol. The van der Waals surface area contributed by atoms with E-state index in [4.69, 9.17) is 5.11 Å². The van der Waals surface area contributed by atoms with Crippen LogP contribution in [0, 0.1) is 18.8 Å². The van der Waals surface area contributed by atoms with Gasteiger partial charge in [-0.3, -0.25) is 4.79 Å². The summed E-state index contributed by atoms with van der Waals surface area (Å²) in [4.78, 5) is 10.8. The minimum atomic E-state index is -0.634. The molecule has 4 heteroatoms. The van der Waals surface area contributed by atoms with Gasteiger partial charge in [0, 0.05) is 0 Å². The third-order valence-electron chi connectivity index (χ3n) is 3.55. The van der Waals surface area contributed by atoms with Crippen molar-refractivity contribution in [3.8, 4) is 0 Å². The highest BCUT2D eigenvalue weighted by molar-refractivity contribution is 5.69. The van der Waals surface area contributed by atoms with E-state index in [-0.39, 0.29) is 5.92 Å². The monoisotopic (exact) mass is 234 g/mol. The van der Waals surface area contributed by atoms with E-state index < -0.39 is 5.97 Å². The fourth-order valence-electron chi connectivity index (χ4n) is 2.59. The lowest BCUT2D eigenvalue weighted by Crippen LogP contribution is -2.22. The molecule has 4 nitrogen and oxygen atoms in total. The second-order valence-corrected chi connectivity index (χ2v) is 4.97. The van der Waals surface area contributed by atoms with Crippen molar-refractivity contribution in [2.75, 3.05) is 0 Å². The van der Waals surface area contributed by atoms with E-state index in [1.165, 1.54) is 5.56 Å². The number of aryl methyl sites for hydroxylation is 1. The fraction of sp³-hybridized carbons (Fsp3) is 0.615. The Morgan fingerprint density at radius 1 is 1.41 bits per heavy atom. The summed E-state index contributed by atoms with van der Waals surface area (Å²) < 4.78 is 0. The SMILES string of the molecule is Cc1cc(C[C@H]2CC[C@H](C(=O)O)CC2)cnn1. The lowest BCUT2D eigenvalue weighted by molar-refractivity contribution is -0.143. The van der Waals surface area contributed by atoms with Crippen LogP contribution in [0.5, 0.6) is 0 Å². The molecule has 0 spiro atoms. The Bertz CT molecular complexity index is 398. The van der Waals surface area contributed by atoms with Crippen LogP contribution in [-0.4, -0.2) is 21.3 Å². The first-order valence-corrected chi connectivity index (χ1v) is 6.16. The average molecular weight is 234 g/mol. The number of carbonyl (C=O) groups is 1. The molecule has 1 aromatic rings. The van der Waals surface area contributed by atoms with E-state index in [1.807, 2.05) is 13.1 Å². The third kappa shape index (κ3) is 3.25. The van der Waals surface area contributed by atoms with Crippen LogP contribution in [0.15, 0.2) is 12.3 Å². The summed E-state index contributed by atoms with van der Waals surface area (Å²) in [6.07, 6.45) is 6.48. The summed E-state index contributed by atoms with van der Waals surface area (Å²) >= 11 is 0. The van der Waals surface area contributed by atoms with Gasteiger partial charge in [0.25, 0.3) is 0 Å².